The van der Waals surface area contributed by atoms with E-state index < -0.39 is 0 Å². The Morgan fingerprint density at radius 2 is 1.52 bits per heavy atom. The Labute approximate surface area is 131 Å². The molecule has 0 aromatic heterocycles. The highest BCUT2D eigenvalue weighted by molar-refractivity contribution is 5.22. The summed E-state index contributed by atoms with van der Waals surface area (Å²) in [5, 5.41) is 10.1. The first kappa shape index (κ1) is 18.2. The fourth-order valence-corrected chi connectivity index (χ4v) is 2.90. The van der Waals surface area contributed by atoms with Crippen LogP contribution in [0.15, 0.2) is 24.3 Å². The van der Waals surface area contributed by atoms with Gasteiger partial charge in [-0.2, -0.15) is 0 Å². The van der Waals surface area contributed by atoms with E-state index in [0.29, 0.717) is 0 Å². The highest BCUT2D eigenvalue weighted by Gasteiger charge is 2.05. The Kier molecular flexibility index (Phi) is 10.2. The van der Waals surface area contributed by atoms with E-state index in [0.717, 1.165) is 12.8 Å². The fraction of sp³-hybridized carbons (Fsp3) is 0.700. The molecule has 0 saturated carbocycles. The monoisotopic (exact) mass is 290 g/mol. The van der Waals surface area contributed by atoms with Crippen LogP contribution in [0.5, 0.6) is 0 Å². The lowest BCUT2D eigenvalue weighted by Crippen LogP contribution is -2.10. The molecule has 0 radical (unpaired) electrons. The minimum Gasteiger partial charge on any atom is -0.393 e. The summed E-state index contributed by atoms with van der Waals surface area (Å²) in [5.74, 6) is 0. The smallest absolute Gasteiger partial charge is 0.0580 e. The summed E-state index contributed by atoms with van der Waals surface area (Å²) < 4.78 is 0. The van der Waals surface area contributed by atoms with Gasteiger partial charge in [-0.05, 0) is 25.3 Å². The summed E-state index contributed by atoms with van der Waals surface area (Å²) in [7, 11) is 0. The molecule has 120 valence electrons. The molecule has 1 atom stereocenters. The standard InChI is InChI=1S/C20H34O/c1-3-4-5-6-7-8-9-10-11-15-20(21)17-19-14-12-13-18(2)16-19/h12-14,16,20-21H,3-11,15,17H2,1-2H3. The lowest BCUT2D eigenvalue weighted by atomic mass is 10.0. The van der Waals surface area contributed by atoms with Crippen molar-refractivity contribution in [3.05, 3.63) is 35.4 Å². The highest BCUT2D eigenvalue weighted by atomic mass is 16.3. The van der Waals surface area contributed by atoms with Crippen LogP contribution < -0.4 is 0 Å². The summed E-state index contributed by atoms with van der Waals surface area (Å²) in [5.41, 5.74) is 2.54. The van der Waals surface area contributed by atoms with Crippen LogP contribution in [0.25, 0.3) is 0 Å². The van der Waals surface area contributed by atoms with Gasteiger partial charge < -0.3 is 5.11 Å². The maximum absolute atomic E-state index is 10.1. The van der Waals surface area contributed by atoms with Crippen molar-refractivity contribution in [1.29, 1.82) is 0 Å². The minimum absolute atomic E-state index is 0.170. The van der Waals surface area contributed by atoms with E-state index in [-0.39, 0.29) is 6.10 Å². The lowest BCUT2D eigenvalue weighted by Gasteiger charge is -2.11. The normalized spacial score (nSPS) is 12.5. The molecule has 0 saturated heterocycles. The van der Waals surface area contributed by atoms with Gasteiger partial charge in [0.05, 0.1) is 6.10 Å². The summed E-state index contributed by atoms with van der Waals surface area (Å²) in [6.07, 6.45) is 13.7. The topological polar surface area (TPSA) is 20.2 Å². The number of aryl methyl sites for hydroxylation is 1. The number of hydrogen-bond donors (Lipinski definition) is 1. The van der Waals surface area contributed by atoms with Gasteiger partial charge in [0, 0.05) is 0 Å². The molecule has 1 nitrogen and oxygen atoms in total. The van der Waals surface area contributed by atoms with Gasteiger partial charge >= 0.3 is 0 Å². The second-order valence-corrected chi connectivity index (χ2v) is 6.46. The molecule has 0 aliphatic heterocycles. The molecule has 0 bridgehead atoms. The van der Waals surface area contributed by atoms with Gasteiger partial charge in [-0.25, -0.2) is 0 Å². The number of aliphatic hydroxyl groups excluding tert-OH is 1. The van der Waals surface area contributed by atoms with E-state index in [1.807, 2.05) is 0 Å². The summed E-state index contributed by atoms with van der Waals surface area (Å²) in [4.78, 5) is 0. The summed E-state index contributed by atoms with van der Waals surface area (Å²) in [6.45, 7) is 4.37. The Hall–Kier alpha value is -0.820. The van der Waals surface area contributed by atoms with Gasteiger partial charge in [-0.1, -0.05) is 94.5 Å². The minimum atomic E-state index is -0.170. The Morgan fingerprint density at radius 1 is 0.905 bits per heavy atom. The van der Waals surface area contributed by atoms with Crippen LogP contribution in [0.3, 0.4) is 0 Å². The van der Waals surface area contributed by atoms with Crippen molar-refractivity contribution < 1.29 is 5.11 Å². The van der Waals surface area contributed by atoms with E-state index in [2.05, 4.69) is 38.1 Å². The van der Waals surface area contributed by atoms with E-state index in [9.17, 15) is 5.11 Å². The zero-order valence-electron chi connectivity index (χ0n) is 14.1. The van der Waals surface area contributed by atoms with Gasteiger partial charge in [0.15, 0.2) is 0 Å². The molecule has 0 aliphatic rings. The predicted molar refractivity (Wildman–Crippen MR) is 92.7 cm³/mol. The van der Waals surface area contributed by atoms with Gasteiger partial charge in [-0.15, -0.1) is 0 Å². The second kappa shape index (κ2) is 11.8. The third-order valence-corrected chi connectivity index (χ3v) is 4.19. The number of aliphatic hydroxyl groups is 1. The largest absolute Gasteiger partial charge is 0.393 e. The van der Waals surface area contributed by atoms with Crippen molar-refractivity contribution in [3.63, 3.8) is 0 Å². The third kappa shape index (κ3) is 9.68. The van der Waals surface area contributed by atoms with Crippen LogP contribution in [0.1, 0.15) is 82.3 Å². The van der Waals surface area contributed by atoms with Crippen LogP contribution in [-0.2, 0) is 6.42 Å². The molecule has 0 heterocycles. The second-order valence-electron chi connectivity index (χ2n) is 6.46. The van der Waals surface area contributed by atoms with E-state index in [1.165, 1.54) is 68.9 Å². The zero-order valence-corrected chi connectivity index (χ0v) is 14.1. The van der Waals surface area contributed by atoms with E-state index in [1.54, 1.807) is 0 Å². The SMILES string of the molecule is CCCCCCCCCCCC(O)Cc1cccc(C)c1. The summed E-state index contributed by atoms with van der Waals surface area (Å²) in [6, 6.07) is 8.48. The van der Waals surface area contributed by atoms with Crippen LogP contribution in [0, 0.1) is 6.92 Å². The van der Waals surface area contributed by atoms with Gasteiger partial charge in [0.2, 0.25) is 0 Å². The third-order valence-electron chi connectivity index (χ3n) is 4.19. The first-order valence-electron chi connectivity index (χ1n) is 8.96. The van der Waals surface area contributed by atoms with Crippen molar-refractivity contribution in [1.82, 2.24) is 0 Å². The molecule has 1 aromatic rings. The molecule has 1 heteroatoms. The Bertz CT molecular complexity index is 359. The average molecular weight is 290 g/mol. The van der Waals surface area contributed by atoms with E-state index in [4.69, 9.17) is 0 Å². The molecule has 1 unspecified atom stereocenters. The maximum Gasteiger partial charge on any atom is 0.0580 e. The molecule has 0 aliphatic carbocycles. The first-order valence-corrected chi connectivity index (χ1v) is 8.96. The number of benzene rings is 1. The lowest BCUT2D eigenvalue weighted by molar-refractivity contribution is 0.161. The molecule has 21 heavy (non-hydrogen) atoms. The van der Waals surface area contributed by atoms with Crippen LogP contribution in [0.2, 0.25) is 0 Å². The molecular formula is C20H34O. The van der Waals surface area contributed by atoms with E-state index >= 15 is 0 Å². The maximum atomic E-state index is 10.1. The molecule has 1 rings (SSSR count). The quantitative estimate of drug-likeness (QED) is 0.481. The van der Waals surface area contributed by atoms with Gasteiger partial charge in [0.1, 0.15) is 0 Å². The molecule has 0 fully saturated rings. The predicted octanol–water partition coefficient (Wildman–Crippen LogP) is 5.82. The fourth-order valence-electron chi connectivity index (χ4n) is 2.90. The van der Waals surface area contributed by atoms with Crippen LogP contribution >= 0.6 is 0 Å². The molecule has 0 amide bonds. The van der Waals surface area contributed by atoms with Crippen molar-refractivity contribution >= 4 is 0 Å². The molecule has 1 N–H and O–H groups in total. The highest BCUT2D eigenvalue weighted by Crippen LogP contribution is 2.14. The summed E-state index contributed by atoms with van der Waals surface area (Å²) >= 11 is 0. The number of unbranched alkanes of at least 4 members (excludes halogenated alkanes) is 8. The molecule has 0 spiro atoms. The van der Waals surface area contributed by atoms with Crippen molar-refractivity contribution in [3.8, 4) is 0 Å². The Morgan fingerprint density at radius 3 is 2.14 bits per heavy atom. The van der Waals surface area contributed by atoms with Crippen molar-refractivity contribution in [2.45, 2.75) is 90.6 Å². The van der Waals surface area contributed by atoms with Crippen molar-refractivity contribution in [2.24, 2.45) is 0 Å². The molecule has 1 aromatic carbocycles. The molecular weight excluding hydrogens is 256 g/mol. The average Bonchev–Trinajstić information content (AvgIpc) is 2.45. The number of hydrogen-bond acceptors (Lipinski definition) is 1. The Balaban J connectivity index is 1.97. The van der Waals surface area contributed by atoms with Gasteiger partial charge in [0.25, 0.3) is 0 Å². The number of rotatable bonds is 12. The first-order chi connectivity index (χ1) is 10.2. The van der Waals surface area contributed by atoms with Crippen LogP contribution in [0.4, 0.5) is 0 Å². The van der Waals surface area contributed by atoms with Crippen molar-refractivity contribution in [2.75, 3.05) is 0 Å². The van der Waals surface area contributed by atoms with Gasteiger partial charge in [-0.3, -0.25) is 0 Å². The van der Waals surface area contributed by atoms with Crippen LogP contribution in [-0.4, -0.2) is 11.2 Å². The zero-order chi connectivity index (χ0) is 15.3.